The molecule has 2 aliphatic carbocycles. The summed E-state index contributed by atoms with van der Waals surface area (Å²) in [5, 5.41) is 11.8. The van der Waals surface area contributed by atoms with Crippen LogP contribution in [0.4, 0.5) is 33.6 Å². The van der Waals surface area contributed by atoms with E-state index < -0.39 is 29.7 Å². The molecule has 0 bridgehead atoms. The van der Waals surface area contributed by atoms with Crippen molar-refractivity contribution >= 4 is 23.4 Å². The predicted molar refractivity (Wildman–Crippen MR) is 201 cm³/mol. The van der Waals surface area contributed by atoms with Crippen molar-refractivity contribution in [3.8, 4) is 0 Å². The van der Waals surface area contributed by atoms with Gasteiger partial charge in [-0.15, -0.1) is 6.58 Å². The van der Waals surface area contributed by atoms with Crippen LogP contribution < -0.4 is 9.80 Å². The Kier molecular flexibility index (Phi) is 10.9. The van der Waals surface area contributed by atoms with Gasteiger partial charge in [-0.1, -0.05) is 32.1 Å². The Hall–Kier alpha value is -3.25. The lowest BCUT2D eigenvalue weighted by atomic mass is 9.67. The molecular weight excluding hydrogens is 706 g/mol. The first-order valence-corrected chi connectivity index (χ1v) is 20.2. The fraction of sp³-hybridized carbons (Fsp3) is 0.585. The number of pyridine rings is 1. The van der Waals surface area contributed by atoms with Gasteiger partial charge < -0.3 is 14.9 Å². The first-order valence-electron chi connectivity index (χ1n) is 19.0. The van der Waals surface area contributed by atoms with Gasteiger partial charge in [-0.25, -0.2) is 18.7 Å². The van der Waals surface area contributed by atoms with Crippen LogP contribution in [0.2, 0.25) is 0 Å². The minimum atomic E-state index is -4.55. The second-order valence-corrected chi connectivity index (χ2v) is 17.5. The smallest absolute Gasteiger partial charge is 0.388 e. The summed E-state index contributed by atoms with van der Waals surface area (Å²) in [6, 6.07) is 4.27. The van der Waals surface area contributed by atoms with E-state index in [9.17, 15) is 18.3 Å². The highest BCUT2D eigenvalue weighted by molar-refractivity contribution is 7.99. The summed E-state index contributed by atoms with van der Waals surface area (Å²) in [5.74, 6) is 2.43. The third-order valence-electron chi connectivity index (χ3n) is 11.9. The van der Waals surface area contributed by atoms with Crippen LogP contribution >= 0.6 is 11.8 Å². The van der Waals surface area contributed by atoms with Crippen molar-refractivity contribution in [2.24, 2.45) is 5.41 Å². The Morgan fingerprint density at radius 2 is 1.58 bits per heavy atom. The molecule has 2 aliphatic heterocycles. The fourth-order valence-electron chi connectivity index (χ4n) is 9.09. The van der Waals surface area contributed by atoms with E-state index >= 15 is 8.78 Å². The molecule has 2 aromatic heterocycles. The van der Waals surface area contributed by atoms with Crippen LogP contribution in [-0.4, -0.2) is 63.4 Å². The van der Waals surface area contributed by atoms with Crippen LogP contribution in [0.5, 0.6) is 0 Å². The number of rotatable bonds is 8. The van der Waals surface area contributed by atoms with Gasteiger partial charge in [-0.05, 0) is 92.4 Å². The van der Waals surface area contributed by atoms with Crippen molar-refractivity contribution in [3.05, 3.63) is 88.5 Å². The number of fused-ring (bicyclic) bond motifs is 1. The molecule has 1 saturated carbocycles. The van der Waals surface area contributed by atoms with E-state index in [1.54, 1.807) is 6.08 Å². The van der Waals surface area contributed by atoms with Crippen LogP contribution in [0.25, 0.3) is 0 Å². The van der Waals surface area contributed by atoms with E-state index in [4.69, 9.17) is 15.0 Å². The molecule has 286 valence electrons. The molecule has 4 heterocycles. The normalized spacial score (nSPS) is 25.9. The topological polar surface area (TPSA) is 65.4 Å². The molecule has 4 aliphatic rings. The molecule has 3 aromatic rings. The van der Waals surface area contributed by atoms with Crippen molar-refractivity contribution in [1.82, 2.24) is 15.0 Å². The van der Waals surface area contributed by atoms with Gasteiger partial charge in [-0.3, -0.25) is 4.98 Å². The molecule has 0 amide bonds. The van der Waals surface area contributed by atoms with Crippen molar-refractivity contribution in [2.75, 3.05) is 47.5 Å². The van der Waals surface area contributed by atoms with E-state index in [1.165, 1.54) is 12.1 Å². The number of aliphatic hydroxyl groups is 1. The molecule has 0 unspecified atom stereocenters. The third kappa shape index (κ3) is 8.09. The molecule has 12 heteroatoms. The number of thioether (sulfide) groups is 1. The van der Waals surface area contributed by atoms with E-state index in [0.717, 1.165) is 48.1 Å². The zero-order valence-electron chi connectivity index (χ0n) is 30.6. The monoisotopic (exact) mass is 755 g/mol. The number of aliphatic hydroxyl groups excluding tert-OH is 1. The second kappa shape index (κ2) is 15.1. The van der Waals surface area contributed by atoms with Crippen LogP contribution in [0.15, 0.2) is 49.3 Å². The van der Waals surface area contributed by atoms with Gasteiger partial charge in [0, 0.05) is 60.4 Å². The van der Waals surface area contributed by atoms with E-state index in [-0.39, 0.29) is 42.1 Å². The lowest BCUT2D eigenvalue weighted by Gasteiger charge is -2.42. The van der Waals surface area contributed by atoms with Crippen molar-refractivity contribution in [1.29, 1.82) is 0 Å². The van der Waals surface area contributed by atoms with Crippen molar-refractivity contribution < 1.29 is 27.1 Å². The Morgan fingerprint density at radius 1 is 0.943 bits per heavy atom. The number of benzene rings is 1. The van der Waals surface area contributed by atoms with E-state index in [0.29, 0.717) is 79.9 Å². The molecule has 3 fully saturated rings. The van der Waals surface area contributed by atoms with Crippen LogP contribution in [0.3, 0.4) is 0 Å². The number of halogens is 5. The van der Waals surface area contributed by atoms with Gasteiger partial charge in [0.2, 0.25) is 5.95 Å². The minimum absolute atomic E-state index is 0.105. The first-order chi connectivity index (χ1) is 25.2. The Labute approximate surface area is 313 Å². The zero-order chi connectivity index (χ0) is 37.5. The number of hydrogen-bond acceptors (Lipinski definition) is 7. The van der Waals surface area contributed by atoms with Crippen molar-refractivity contribution in [2.45, 2.75) is 108 Å². The Bertz CT molecular complexity index is 1750. The zero-order valence-corrected chi connectivity index (χ0v) is 31.5. The SMILES string of the molecule is C=CCC1(F)CCC(c2c([C@@H](F)c3ccc(C(F)(F)F)cc3)c(C3CCN(c4ncc(N5CCSCC5)cn4)CC3)nc3c2[C@@H](O)CC(C)(C)C3)CC1. The molecule has 7 rings (SSSR count). The minimum Gasteiger partial charge on any atom is -0.388 e. The summed E-state index contributed by atoms with van der Waals surface area (Å²) in [6.45, 7) is 11.1. The summed E-state index contributed by atoms with van der Waals surface area (Å²) >= 11 is 1.95. The van der Waals surface area contributed by atoms with Gasteiger partial charge in [-0.2, -0.15) is 24.9 Å². The highest BCUT2D eigenvalue weighted by Gasteiger charge is 2.43. The quantitative estimate of drug-likeness (QED) is 0.182. The maximum absolute atomic E-state index is 17.5. The van der Waals surface area contributed by atoms with Crippen LogP contribution in [0, 0.1) is 5.41 Å². The van der Waals surface area contributed by atoms with Gasteiger partial charge in [0.1, 0.15) is 5.67 Å². The number of allylic oxidation sites excluding steroid dienone is 1. The molecule has 6 nitrogen and oxygen atoms in total. The van der Waals surface area contributed by atoms with E-state index in [2.05, 4.69) is 30.2 Å². The number of alkyl halides is 5. The average molecular weight is 756 g/mol. The lowest BCUT2D eigenvalue weighted by molar-refractivity contribution is -0.137. The van der Waals surface area contributed by atoms with Crippen molar-refractivity contribution in [3.63, 3.8) is 0 Å². The molecule has 0 radical (unpaired) electrons. The standard InChI is InChI=1S/C41H50F5N5OS/c1-4-13-40(43)14-9-26(10-15-40)33-34-31(22-39(2,3)23-32(34)52)49-37(35(33)36(42)27-5-7-29(8-6-27)41(44,45)46)28-11-16-51(17-12-28)38-47-24-30(25-48-38)50-18-20-53-21-19-50/h4-8,24-26,28,32,36,52H,1,9-23H2,2-3H3/t26?,32-,36-,40?/m0/s1. The molecule has 1 N–H and O–H groups in total. The lowest BCUT2D eigenvalue weighted by Crippen LogP contribution is -2.36. The largest absolute Gasteiger partial charge is 0.416 e. The fourth-order valence-corrected chi connectivity index (χ4v) is 9.99. The average Bonchev–Trinajstić information content (AvgIpc) is 3.14. The molecular formula is C41H50F5N5OS. The highest BCUT2D eigenvalue weighted by atomic mass is 32.2. The van der Waals surface area contributed by atoms with Gasteiger partial charge in [0.15, 0.2) is 6.17 Å². The van der Waals surface area contributed by atoms with Crippen LogP contribution in [-0.2, 0) is 12.6 Å². The van der Waals surface area contributed by atoms with Gasteiger partial charge in [0.05, 0.1) is 35.4 Å². The van der Waals surface area contributed by atoms with E-state index in [1.807, 2.05) is 24.2 Å². The summed E-state index contributed by atoms with van der Waals surface area (Å²) in [7, 11) is 0. The summed E-state index contributed by atoms with van der Waals surface area (Å²) in [4.78, 5) is 19.1. The number of anilines is 2. The van der Waals surface area contributed by atoms with Crippen LogP contribution in [0.1, 0.15) is 129 Å². The maximum Gasteiger partial charge on any atom is 0.416 e. The number of piperidine rings is 1. The third-order valence-corrected chi connectivity index (χ3v) is 12.8. The number of hydrogen-bond donors (Lipinski definition) is 1. The molecule has 0 spiro atoms. The molecule has 2 saturated heterocycles. The second-order valence-electron chi connectivity index (χ2n) is 16.2. The summed E-state index contributed by atoms with van der Waals surface area (Å²) in [6.07, 6.45) is 2.24. The molecule has 53 heavy (non-hydrogen) atoms. The predicted octanol–water partition coefficient (Wildman–Crippen LogP) is 9.83. The number of aromatic nitrogens is 3. The Balaban J connectivity index is 1.27. The molecule has 2 atom stereocenters. The van der Waals surface area contributed by atoms with Gasteiger partial charge in [0.25, 0.3) is 0 Å². The maximum atomic E-state index is 17.5. The molecule has 1 aromatic carbocycles. The first kappa shape index (κ1) is 38.0. The van der Waals surface area contributed by atoms with Gasteiger partial charge >= 0.3 is 6.18 Å². The summed E-state index contributed by atoms with van der Waals surface area (Å²) in [5.41, 5.74) is 1.67. The highest BCUT2D eigenvalue weighted by Crippen LogP contribution is 2.53. The number of nitrogens with zero attached hydrogens (tertiary/aromatic N) is 5. The Morgan fingerprint density at radius 3 is 2.19 bits per heavy atom. The summed E-state index contributed by atoms with van der Waals surface area (Å²) < 4.78 is 73.9.